The molecular formula is C6H5O4S. The van der Waals surface area contributed by atoms with Gasteiger partial charge in [-0.2, -0.15) is 8.42 Å². The van der Waals surface area contributed by atoms with Gasteiger partial charge in [0.15, 0.2) is 0 Å². The molecule has 1 rings (SSSR count). The van der Waals surface area contributed by atoms with Crippen LogP contribution in [0.1, 0.15) is 0 Å². The number of hydrogen-bond acceptors (Lipinski definition) is 3. The van der Waals surface area contributed by atoms with Crippen molar-refractivity contribution in [3.63, 3.8) is 0 Å². The summed E-state index contributed by atoms with van der Waals surface area (Å²) in [6.45, 7) is 0. The summed E-state index contributed by atoms with van der Waals surface area (Å²) in [5.41, 5.74) is 0. The van der Waals surface area contributed by atoms with E-state index in [1.807, 2.05) is 0 Å². The standard InChI is InChI=1S/C6H5O4S/c7-5-2-1-3-6(4-5)11(8,9)10/h1,3-4,7H,(H,8,9,10). The molecule has 5 heteroatoms. The smallest absolute Gasteiger partial charge is 0.294 e. The van der Waals surface area contributed by atoms with E-state index in [1.165, 1.54) is 6.07 Å². The molecule has 0 aromatic heterocycles. The van der Waals surface area contributed by atoms with Crippen LogP contribution in [-0.4, -0.2) is 18.1 Å². The number of phenolic OH excluding ortho intramolecular Hbond substituents is 1. The summed E-state index contributed by atoms with van der Waals surface area (Å²) in [5, 5.41) is 8.75. The quantitative estimate of drug-likeness (QED) is 0.604. The van der Waals surface area contributed by atoms with Crippen LogP contribution in [0, 0.1) is 6.07 Å². The highest BCUT2D eigenvalue weighted by atomic mass is 32.2. The van der Waals surface area contributed by atoms with E-state index in [0.717, 1.165) is 12.1 Å². The van der Waals surface area contributed by atoms with E-state index in [4.69, 9.17) is 9.66 Å². The third-order valence-electron chi connectivity index (χ3n) is 1.06. The molecule has 1 radical (unpaired) electrons. The van der Waals surface area contributed by atoms with Crippen molar-refractivity contribution in [2.75, 3.05) is 0 Å². The Morgan fingerprint density at radius 1 is 1.45 bits per heavy atom. The van der Waals surface area contributed by atoms with E-state index < -0.39 is 10.1 Å². The predicted octanol–water partition coefficient (Wildman–Crippen LogP) is 0.439. The normalized spacial score (nSPS) is 11.4. The van der Waals surface area contributed by atoms with Crippen molar-refractivity contribution >= 4 is 10.1 Å². The van der Waals surface area contributed by atoms with Gasteiger partial charge in [0, 0.05) is 12.1 Å². The largest absolute Gasteiger partial charge is 0.507 e. The summed E-state index contributed by atoms with van der Waals surface area (Å²) < 4.78 is 29.3. The molecule has 0 fully saturated rings. The molecule has 0 bridgehead atoms. The van der Waals surface area contributed by atoms with Crippen LogP contribution in [0.25, 0.3) is 0 Å². The lowest BCUT2D eigenvalue weighted by Crippen LogP contribution is -1.96. The minimum atomic E-state index is -4.21. The maximum Gasteiger partial charge on any atom is 0.294 e. The van der Waals surface area contributed by atoms with Gasteiger partial charge in [-0.15, -0.1) is 0 Å². The van der Waals surface area contributed by atoms with E-state index in [9.17, 15) is 8.42 Å². The number of aromatic hydroxyl groups is 1. The fourth-order valence-electron chi connectivity index (χ4n) is 0.594. The van der Waals surface area contributed by atoms with Crippen molar-refractivity contribution in [1.29, 1.82) is 0 Å². The van der Waals surface area contributed by atoms with Crippen LogP contribution in [0.5, 0.6) is 5.75 Å². The highest BCUT2D eigenvalue weighted by Gasteiger charge is 2.08. The van der Waals surface area contributed by atoms with Crippen LogP contribution in [0.3, 0.4) is 0 Å². The van der Waals surface area contributed by atoms with Crippen LogP contribution in [0.2, 0.25) is 0 Å². The van der Waals surface area contributed by atoms with E-state index in [0.29, 0.717) is 0 Å². The van der Waals surface area contributed by atoms with Gasteiger partial charge in [0.25, 0.3) is 10.1 Å². The Hall–Kier alpha value is -1.07. The second-order valence-electron chi connectivity index (χ2n) is 1.88. The molecule has 0 aliphatic carbocycles. The van der Waals surface area contributed by atoms with Crippen molar-refractivity contribution in [3.05, 3.63) is 24.3 Å². The molecule has 11 heavy (non-hydrogen) atoms. The highest BCUT2D eigenvalue weighted by molar-refractivity contribution is 7.85. The summed E-state index contributed by atoms with van der Waals surface area (Å²) in [4.78, 5) is -0.339. The minimum Gasteiger partial charge on any atom is -0.507 e. The van der Waals surface area contributed by atoms with Crippen molar-refractivity contribution in [2.24, 2.45) is 0 Å². The Bertz CT molecular complexity index is 355. The molecule has 0 atom stereocenters. The van der Waals surface area contributed by atoms with Crippen molar-refractivity contribution in [3.8, 4) is 5.75 Å². The molecule has 1 aromatic carbocycles. The van der Waals surface area contributed by atoms with Gasteiger partial charge in [0.05, 0.1) is 4.90 Å². The lowest BCUT2D eigenvalue weighted by Gasteiger charge is -1.95. The lowest BCUT2D eigenvalue weighted by atomic mass is 10.3. The summed E-state index contributed by atoms with van der Waals surface area (Å²) in [5.74, 6) is -0.319. The molecule has 59 valence electrons. The first-order valence-electron chi connectivity index (χ1n) is 2.68. The zero-order valence-corrected chi connectivity index (χ0v) is 6.17. The van der Waals surface area contributed by atoms with Crippen LogP contribution >= 0.6 is 0 Å². The molecule has 0 aliphatic rings. The van der Waals surface area contributed by atoms with Gasteiger partial charge in [0.2, 0.25) is 0 Å². The van der Waals surface area contributed by atoms with Gasteiger partial charge in [-0.05, 0) is 12.1 Å². The Labute approximate surface area is 63.9 Å². The molecule has 1 aromatic rings. The molecule has 0 heterocycles. The Kier molecular flexibility index (Phi) is 1.84. The van der Waals surface area contributed by atoms with Crippen molar-refractivity contribution < 1.29 is 18.1 Å². The van der Waals surface area contributed by atoms with Crippen LogP contribution in [0.4, 0.5) is 0 Å². The third kappa shape index (κ3) is 1.92. The zero-order chi connectivity index (χ0) is 8.48. The monoisotopic (exact) mass is 173 g/mol. The molecule has 0 saturated heterocycles. The molecule has 0 spiro atoms. The fourth-order valence-corrected chi connectivity index (χ4v) is 1.09. The minimum absolute atomic E-state index is 0.319. The van der Waals surface area contributed by atoms with Crippen LogP contribution < -0.4 is 0 Å². The van der Waals surface area contributed by atoms with Gasteiger partial charge >= 0.3 is 0 Å². The SMILES string of the molecule is O=S(=O)(O)c1cc[c]c(O)c1. The molecule has 2 N–H and O–H groups in total. The average Bonchev–Trinajstić information content (AvgIpc) is 1.86. The van der Waals surface area contributed by atoms with Gasteiger partial charge in [-0.25, -0.2) is 0 Å². The lowest BCUT2D eigenvalue weighted by molar-refractivity contribution is 0.465. The first-order valence-corrected chi connectivity index (χ1v) is 4.12. The van der Waals surface area contributed by atoms with Crippen LogP contribution in [0.15, 0.2) is 23.1 Å². The number of rotatable bonds is 1. The maximum atomic E-state index is 10.4. The van der Waals surface area contributed by atoms with Crippen molar-refractivity contribution in [1.82, 2.24) is 0 Å². The topological polar surface area (TPSA) is 74.6 Å². The van der Waals surface area contributed by atoms with Gasteiger partial charge in [0.1, 0.15) is 5.75 Å². The summed E-state index contributed by atoms with van der Waals surface area (Å²) in [7, 11) is -4.21. The Morgan fingerprint density at radius 2 is 2.09 bits per heavy atom. The van der Waals surface area contributed by atoms with E-state index in [2.05, 4.69) is 6.07 Å². The second kappa shape index (κ2) is 2.52. The van der Waals surface area contributed by atoms with E-state index in [-0.39, 0.29) is 10.6 Å². The summed E-state index contributed by atoms with van der Waals surface area (Å²) in [6, 6.07) is 5.58. The van der Waals surface area contributed by atoms with Crippen LogP contribution in [-0.2, 0) is 10.1 Å². The third-order valence-corrected chi connectivity index (χ3v) is 1.91. The van der Waals surface area contributed by atoms with Gasteiger partial charge < -0.3 is 5.11 Å². The number of benzene rings is 1. The fraction of sp³-hybridized carbons (Fsp3) is 0. The first kappa shape index (κ1) is 8.03. The number of phenols is 1. The zero-order valence-electron chi connectivity index (χ0n) is 5.35. The molecular weight excluding hydrogens is 168 g/mol. The molecule has 0 aliphatic heterocycles. The summed E-state index contributed by atoms with van der Waals surface area (Å²) in [6.07, 6.45) is 0. The molecule has 4 nitrogen and oxygen atoms in total. The Morgan fingerprint density at radius 3 is 2.45 bits per heavy atom. The molecule has 0 saturated carbocycles. The molecule has 0 unspecified atom stereocenters. The van der Waals surface area contributed by atoms with Crippen molar-refractivity contribution in [2.45, 2.75) is 4.90 Å². The van der Waals surface area contributed by atoms with E-state index in [1.54, 1.807) is 0 Å². The summed E-state index contributed by atoms with van der Waals surface area (Å²) >= 11 is 0. The Balaban J connectivity index is 3.28. The first-order chi connectivity index (χ1) is 5.00. The van der Waals surface area contributed by atoms with Gasteiger partial charge in [-0.3, -0.25) is 4.55 Å². The highest BCUT2D eigenvalue weighted by Crippen LogP contribution is 2.14. The van der Waals surface area contributed by atoms with Gasteiger partial charge in [-0.1, -0.05) is 0 Å². The van der Waals surface area contributed by atoms with E-state index >= 15 is 0 Å². The predicted molar refractivity (Wildman–Crippen MR) is 36.8 cm³/mol. The number of hydrogen-bond donors (Lipinski definition) is 2. The molecule has 0 amide bonds. The maximum absolute atomic E-state index is 10.4. The second-order valence-corrected chi connectivity index (χ2v) is 3.31. The average molecular weight is 173 g/mol.